The quantitative estimate of drug-likeness (QED) is 0.759. The van der Waals surface area contributed by atoms with Crippen molar-refractivity contribution in [2.45, 2.75) is 20.4 Å². The maximum atomic E-state index is 12.3. The molecule has 0 atom stereocenters. The third-order valence-corrected chi connectivity index (χ3v) is 5.27. The molecule has 0 heterocycles. The summed E-state index contributed by atoms with van der Waals surface area (Å²) in [6.07, 6.45) is 2.80. The Morgan fingerprint density at radius 2 is 1.77 bits per heavy atom. The van der Waals surface area contributed by atoms with Crippen molar-refractivity contribution >= 4 is 21.6 Å². The molecule has 0 saturated carbocycles. The summed E-state index contributed by atoms with van der Waals surface area (Å²) in [5.41, 5.74) is 4.09. The molecule has 2 aromatic carbocycles. The van der Waals surface area contributed by atoms with Crippen molar-refractivity contribution in [2.75, 3.05) is 17.1 Å². The monoisotopic (exact) mass is 372 g/mol. The predicted octanol–water partition coefficient (Wildman–Crippen LogP) is 3.19. The van der Waals surface area contributed by atoms with Crippen LogP contribution in [0.5, 0.6) is 0 Å². The zero-order valence-corrected chi connectivity index (χ0v) is 16.1. The first kappa shape index (κ1) is 19.7. The highest BCUT2D eigenvalue weighted by Crippen LogP contribution is 2.23. The molecule has 0 unspecified atom stereocenters. The van der Waals surface area contributed by atoms with E-state index in [0.717, 1.165) is 16.7 Å². The number of amides is 1. The van der Waals surface area contributed by atoms with E-state index in [0.29, 0.717) is 17.8 Å². The molecular formula is C20H24N2O3S. The molecule has 0 fully saturated rings. The minimum Gasteiger partial charge on any atom is -0.349 e. The van der Waals surface area contributed by atoms with Gasteiger partial charge in [-0.15, -0.1) is 6.58 Å². The molecule has 0 radical (unpaired) electrons. The van der Waals surface area contributed by atoms with Gasteiger partial charge in [-0.1, -0.05) is 24.3 Å². The van der Waals surface area contributed by atoms with Crippen LogP contribution in [0, 0.1) is 13.8 Å². The van der Waals surface area contributed by atoms with Crippen LogP contribution >= 0.6 is 0 Å². The standard InChI is InChI=1S/C20H24N2O3S/c1-5-12-21-20(23)18-9-7-17(8-10-18)14-22(26(4,24)25)19-11-6-15(2)16(3)13-19/h5-11,13H,1,12,14H2,2-4H3,(H,21,23). The molecule has 0 bridgehead atoms. The molecule has 0 spiro atoms. The lowest BCUT2D eigenvalue weighted by atomic mass is 10.1. The van der Waals surface area contributed by atoms with Gasteiger partial charge in [-0.2, -0.15) is 0 Å². The Labute approximate surface area is 155 Å². The lowest BCUT2D eigenvalue weighted by Gasteiger charge is -2.23. The molecule has 138 valence electrons. The number of hydrogen-bond donors (Lipinski definition) is 1. The van der Waals surface area contributed by atoms with E-state index in [2.05, 4.69) is 11.9 Å². The molecule has 6 heteroatoms. The first-order valence-corrected chi connectivity index (χ1v) is 10.1. The fourth-order valence-electron chi connectivity index (χ4n) is 2.48. The SMILES string of the molecule is C=CCNC(=O)c1ccc(CN(c2ccc(C)c(C)c2)S(C)(=O)=O)cc1. The highest BCUT2D eigenvalue weighted by Gasteiger charge is 2.18. The number of benzene rings is 2. The molecule has 26 heavy (non-hydrogen) atoms. The third kappa shape index (κ3) is 4.95. The van der Waals surface area contributed by atoms with Crippen molar-refractivity contribution < 1.29 is 13.2 Å². The fraction of sp³-hybridized carbons (Fsp3) is 0.250. The van der Waals surface area contributed by atoms with Crippen molar-refractivity contribution in [1.82, 2.24) is 5.32 Å². The Kier molecular flexibility index (Phi) is 6.21. The van der Waals surface area contributed by atoms with Gasteiger partial charge in [0, 0.05) is 12.1 Å². The van der Waals surface area contributed by atoms with Crippen molar-refractivity contribution in [1.29, 1.82) is 0 Å². The summed E-state index contributed by atoms with van der Waals surface area (Å²) < 4.78 is 25.9. The van der Waals surface area contributed by atoms with Gasteiger partial charge in [-0.3, -0.25) is 9.10 Å². The van der Waals surface area contributed by atoms with Crippen LogP contribution in [0.15, 0.2) is 55.1 Å². The van der Waals surface area contributed by atoms with Gasteiger partial charge in [-0.05, 0) is 54.8 Å². The number of carbonyl (C=O) groups excluding carboxylic acids is 1. The van der Waals surface area contributed by atoms with Gasteiger partial charge in [0.1, 0.15) is 0 Å². The van der Waals surface area contributed by atoms with Crippen LogP contribution in [0.3, 0.4) is 0 Å². The summed E-state index contributed by atoms with van der Waals surface area (Å²) in [7, 11) is -3.44. The van der Waals surface area contributed by atoms with Crippen LogP contribution in [-0.2, 0) is 16.6 Å². The molecule has 1 amide bonds. The average Bonchev–Trinajstić information content (AvgIpc) is 2.59. The Hall–Kier alpha value is -2.60. The number of nitrogens with zero attached hydrogens (tertiary/aromatic N) is 1. The molecule has 0 aliphatic carbocycles. The van der Waals surface area contributed by atoms with Crippen LogP contribution in [0.1, 0.15) is 27.0 Å². The maximum absolute atomic E-state index is 12.3. The van der Waals surface area contributed by atoms with E-state index in [1.807, 2.05) is 26.0 Å². The Morgan fingerprint density at radius 3 is 2.31 bits per heavy atom. The first-order chi connectivity index (χ1) is 12.2. The van der Waals surface area contributed by atoms with Crippen LogP contribution in [0.4, 0.5) is 5.69 Å². The fourth-order valence-corrected chi connectivity index (χ4v) is 3.36. The van der Waals surface area contributed by atoms with Crippen molar-refractivity contribution in [3.05, 3.63) is 77.4 Å². The molecule has 0 aliphatic heterocycles. The van der Waals surface area contributed by atoms with Crippen LogP contribution in [0.2, 0.25) is 0 Å². The first-order valence-electron chi connectivity index (χ1n) is 8.25. The number of anilines is 1. The molecule has 0 saturated heterocycles. The second kappa shape index (κ2) is 8.19. The zero-order chi connectivity index (χ0) is 19.3. The van der Waals surface area contributed by atoms with Gasteiger partial charge < -0.3 is 5.32 Å². The normalized spacial score (nSPS) is 11.0. The molecular weight excluding hydrogens is 348 g/mol. The summed E-state index contributed by atoms with van der Waals surface area (Å²) in [6, 6.07) is 12.5. The number of hydrogen-bond acceptors (Lipinski definition) is 3. The van der Waals surface area contributed by atoms with E-state index in [1.54, 1.807) is 36.4 Å². The molecule has 0 aliphatic rings. The van der Waals surface area contributed by atoms with Gasteiger partial charge in [0.2, 0.25) is 10.0 Å². The smallest absolute Gasteiger partial charge is 0.251 e. The number of sulfonamides is 1. The maximum Gasteiger partial charge on any atom is 0.251 e. The van der Waals surface area contributed by atoms with Crippen molar-refractivity contribution in [3.8, 4) is 0 Å². The summed E-state index contributed by atoms with van der Waals surface area (Å²) >= 11 is 0. The minimum absolute atomic E-state index is 0.189. The van der Waals surface area contributed by atoms with E-state index in [9.17, 15) is 13.2 Å². The van der Waals surface area contributed by atoms with Gasteiger partial charge in [-0.25, -0.2) is 8.42 Å². The summed E-state index contributed by atoms with van der Waals surface area (Å²) in [4.78, 5) is 11.9. The largest absolute Gasteiger partial charge is 0.349 e. The van der Waals surface area contributed by atoms with Gasteiger partial charge >= 0.3 is 0 Å². The van der Waals surface area contributed by atoms with E-state index < -0.39 is 10.0 Å². The highest BCUT2D eigenvalue weighted by atomic mass is 32.2. The zero-order valence-electron chi connectivity index (χ0n) is 15.3. The lowest BCUT2D eigenvalue weighted by molar-refractivity contribution is 0.0958. The number of rotatable bonds is 7. The highest BCUT2D eigenvalue weighted by molar-refractivity contribution is 7.92. The van der Waals surface area contributed by atoms with Gasteiger partial charge in [0.25, 0.3) is 5.91 Å². The number of nitrogens with one attached hydrogen (secondary N) is 1. The second-order valence-corrected chi connectivity index (χ2v) is 8.14. The summed E-state index contributed by atoms with van der Waals surface area (Å²) in [5.74, 6) is -0.189. The molecule has 2 aromatic rings. The number of carbonyl (C=O) groups is 1. The number of aryl methyl sites for hydroxylation is 2. The Morgan fingerprint density at radius 1 is 1.12 bits per heavy atom. The molecule has 0 aromatic heterocycles. The van der Waals surface area contributed by atoms with Gasteiger partial charge in [0.15, 0.2) is 0 Å². The predicted molar refractivity (Wildman–Crippen MR) is 106 cm³/mol. The van der Waals surface area contributed by atoms with Crippen LogP contribution in [-0.4, -0.2) is 27.1 Å². The van der Waals surface area contributed by atoms with E-state index in [4.69, 9.17) is 0 Å². The van der Waals surface area contributed by atoms with E-state index >= 15 is 0 Å². The molecule has 2 rings (SSSR count). The van der Waals surface area contributed by atoms with Crippen LogP contribution in [0.25, 0.3) is 0 Å². The average molecular weight is 372 g/mol. The van der Waals surface area contributed by atoms with E-state index in [-0.39, 0.29) is 12.5 Å². The van der Waals surface area contributed by atoms with Crippen molar-refractivity contribution in [3.63, 3.8) is 0 Å². The molecule has 5 nitrogen and oxygen atoms in total. The Balaban J connectivity index is 2.25. The van der Waals surface area contributed by atoms with Crippen LogP contribution < -0.4 is 9.62 Å². The van der Waals surface area contributed by atoms with E-state index in [1.165, 1.54) is 10.6 Å². The second-order valence-electron chi connectivity index (χ2n) is 6.23. The topological polar surface area (TPSA) is 66.5 Å². The summed E-state index contributed by atoms with van der Waals surface area (Å²) in [5, 5.41) is 2.71. The third-order valence-electron chi connectivity index (χ3n) is 4.13. The van der Waals surface area contributed by atoms with Gasteiger partial charge in [0.05, 0.1) is 18.5 Å². The molecule has 1 N–H and O–H groups in total. The minimum atomic E-state index is -3.44. The van der Waals surface area contributed by atoms with Crippen molar-refractivity contribution in [2.24, 2.45) is 0 Å². The summed E-state index contributed by atoms with van der Waals surface area (Å²) in [6.45, 7) is 8.10. The lowest BCUT2D eigenvalue weighted by Crippen LogP contribution is -2.29. The Bertz CT molecular complexity index is 903.